The molecule has 0 saturated heterocycles. The monoisotopic (exact) mass is 328 g/mol. The van der Waals surface area contributed by atoms with E-state index in [1.165, 1.54) is 0 Å². The van der Waals surface area contributed by atoms with E-state index in [2.05, 4.69) is 10.6 Å². The number of hydrogen-bond acceptors (Lipinski definition) is 4. The first kappa shape index (κ1) is 16.0. The van der Waals surface area contributed by atoms with E-state index in [9.17, 15) is 4.79 Å². The van der Waals surface area contributed by atoms with E-state index in [0.717, 1.165) is 22.6 Å². The number of carbonyl (C=O) groups excluding carboxylic acids is 1. The van der Waals surface area contributed by atoms with Crippen molar-refractivity contribution in [1.29, 1.82) is 0 Å². The van der Waals surface area contributed by atoms with Crippen molar-refractivity contribution in [2.24, 2.45) is 0 Å². The Morgan fingerprint density at radius 3 is 2.75 bits per heavy atom. The Bertz CT molecular complexity index is 718. The first-order valence-corrected chi connectivity index (χ1v) is 7.87. The highest BCUT2D eigenvalue weighted by Crippen LogP contribution is 2.32. The van der Waals surface area contributed by atoms with Crippen molar-refractivity contribution in [3.8, 4) is 17.2 Å². The van der Waals surface area contributed by atoms with Crippen LogP contribution in [0.25, 0.3) is 0 Å². The maximum absolute atomic E-state index is 12.0. The molecule has 2 N–H and O–H groups in total. The molecule has 3 rings (SSSR count). The van der Waals surface area contributed by atoms with Crippen LogP contribution in [0, 0.1) is 0 Å². The molecular formula is C18H20N2O4. The molecule has 0 fully saturated rings. The molecule has 2 aromatic carbocycles. The van der Waals surface area contributed by atoms with Crippen LogP contribution in [-0.2, 0) is 13.1 Å². The fraction of sp³-hybridized carbons (Fsp3) is 0.278. The Labute approximate surface area is 140 Å². The van der Waals surface area contributed by atoms with Gasteiger partial charge in [-0.1, -0.05) is 24.3 Å². The number of para-hydroxylation sites is 1. The highest BCUT2D eigenvalue weighted by atomic mass is 16.7. The third-order valence-electron chi connectivity index (χ3n) is 3.60. The topological polar surface area (TPSA) is 68.8 Å². The second-order valence-electron chi connectivity index (χ2n) is 5.26. The summed E-state index contributed by atoms with van der Waals surface area (Å²) in [5.74, 6) is 2.23. The van der Waals surface area contributed by atoms with E-state index >= 15 is 0 Å². The van der Waals surface area contributed by atoms with Crippen LogP contribution in [0.2, 0.25) is 0 Å². The van der Waals surface area contributed by atoms with Crippen molar-refractivity contribution in [2.75, 3.05) is 13.4 Å². The van der Waals surface area contributed by atoms with Gasteiger partial charge in [0.2, 0.25) is 6.79 Å². The van der Waals surface area contributed by atoms with Crippen molar-refractivity contribution in [3.05, 3.63) is 53.6 Å². The third kappa shape index (κ3) is 3.90. The molecule has 0 unspecified atom stereocenters. The number of carbonyl (C=O) groups is 1. The number of amides is 2. The molecule has 0 aromatic heterocycles. The van der Waals surface area contributed by atoms with Gasteiger partial charge in [-0.05, 0) is 30.7 Å². The molecule has 0 saturated carbocycles. The molecule has 6 heteroatoms. The van der Waals surface area contributed by atoms with Crippen LogP contribution >= 0.6 is 0 Å². The number of rotatable bonds is 6. The summed E-state index contributed by atoms with van der Waals surface area (Å²) in [6, 6.07) is 13.0. The lowest BCUT2D eigenvalue weighted by Crippen LogP contribution is -2.34. The number of nitrogens with one attached hydrogen (secondary N) is 2. The number of fused-ring (bicyclic) bond motifs is 1. The molecule has 2 aromatic rings. The highest BCUT2D eigenvalue weighted by molar-refractivity contribution is 5.74. The molecule has 2 amide bonds. The Kier molecular flexibility index (Phi) is 5.05. The number of urea groups is 1. The van der Waals surface area contributed by atoms with Gasteiger partial charge in [-0.15, -0.1) is 0 Å². The zero-order valence-electron chi connectivity index (χ0n) is 13.5. The smallest absolute Gasteiger partial charge is 0.315 e. The summed E-state index contributed by atoms with van der Waals surface area (Å²) in [7, 11) is 0. The van der Waals surface area contributed by atoms with Gasteiger partial charge >= 0.3 is 6.03 Å². The average Bonchev–Trinajstić information content (AvgIpc) is 3.07. The summed E-state index contributed by atoms with van der Waals surface area (Å²) in [4.78, 5) is 12.0. The fourth-order valence-electron chi connectivity index (χ4n) is 2.42. The summed E-state index contributed by atoms with van der Waals surface area (Å²) in [6.07, 6.45) is 0. The van der Waals surface area contributed by atoms with Crippen LogP contribution in [0.15, 0.2) is 42.5 Å². The van der Waals surface area contributed by atoms with Crippen molar-refractivity contribution < 1.29 is 19.0 Å². The molecule has 0 bridgehead atoms. The lowest BCUT2D eigenvalue weighted by Gasteiger charge is -2.12. The summed E-state index contributed by atoms with van der Waals surface area (Å²) in [5, 5.41) is 5.66. The maximum Gasteiger partial charge on any atom is 0.315 e. The van der Waals surface area contributed by atoms with E-state index in [1.807, 2.05) is 49.4 Å². The zero-order valence-corrected chi connectivity index (χ0v) is 13.5. The minimum absolute atomic E-state index is 0.237. The fourth-order valence-corrected chi connectivity index (χ4v) is 2.42. The molecule has 1 aliphatic rings. The number of hydrogen-bond donors (Lipinski definition) is 2. The second kappa shape index (κ2) is 7.59. The van der Waals surface area contributed by atoms with Crippen LogP contribution in [0.5, 0.6) is 17.2 Å². The molecule has 126 valence electrons. The van der Waals surface area contributed by atoms with Gasteiger partial charge in [0.1, 0.15) is 5.75 Å². The quantitative estimate of drug-likeness (QED) is 0.855. The van der Waals surface area contributed by atoms with E-state index in [1.54, 1.807) is 0 Å². The summed E-state index contributed by atoms with van der Waals surface area (Å²) >= 11 is 0. The SMILES string of the molecule is CCOc1ccccc1CNC(=O)NCc1ccc2c(c1)OCO2. The minimum atomic E-state index is -0.237. The molecule has 0 atom stereocenters. The van der Waals surface area contributed by atoms with Gasteiger partial charge < -0.3 is 24.8 Å². The molecule has 0 aliphatic carbocycles. The molecule has 6 nitrogen and oxygen atoms in total. The number of benzene rings is 2. The van der Waals surface area contributed by atoms with E-state index in [0.29, 0.717) is 25.4 Å². The van der Waals surface area contributed by atoms with Crippen molar-refractivity contribution in [3.63, 3.8) is 0 Å². The van der Waals surface area contributed by atoms with E-state index in [4.69, 9.17) is 14.2 Å². The first-order chi connectivity index (χ1) is 11.8. The van der Waals surface area contributed by atoms with Crippen LogP contribution in [0.3, 0.4) is 0 Å². The predicted molar refractivity (Wildman–Crippen MR) is 89.3 cm³/mol. The van der Waals surface area contributed by atoms with Gasteiger partial charge in [-0.25, -0.2) is 4.79 Å². The molecule has 0 spiro atoms. The van der Waals surface area contributed by atoms with Crippen molar-refractivity contribution in [2.45, 2.75) is 20.0 Å². The Morgan fingerprint density at radius 2 is 1.88 bits per heavy atom. The van der Waals surface area contributed by atoms with Crippen LogP contribution in [-0.4, -0.2) is 19.4 Å². The molecule has 1 aliphatic heterocycles. The van der Waals surface area contributed by atoms with Crippen LogP contribution in [0.4, 0.5) is 4.79 Å². The summed E-state index contributed by atoms with van der Waals surface area (Å²) in [5.41, 5.74) is 1.89. The number of ether oxygens (including phenoxy) is 3. The lowest BCUT2D eigenvalue weighted by molar-refractivity contribution is 0.174. The van der Waals surface area contributed by atoms with Gasteiger partial charge in [-0.3, -0.25) is 0 Å². The average molecular weight is 328 g/mol. The molecular weight excluding hydrogens is 308 g/mol. The van der Waals surface area contributed by atoms with Crippen LogP contribution in [0.1, 0.15) is 18.1 Å². The predicted octanol–water partition coefficient (Wildman–Crippen LogP) is 2.81. The van der Waals surface area contributed by atoms with E-state index < -0.39 is 0 Å². The normalized spacial score (nSPS) is 11.9. The minimum Gasteiger partial charge on any atom is -0.494 e. The molecule has 0 radical (unpaired) electrons. The standard InChI is InChI=1S/C18H20N2O4/c1-2-22-15-6-4-3-5-14(15)11-20-18(21)19-10-13-7-8-16-17(9-13)24-12-23-16/h3-9H,2,10-12H2,1H3,(H2,19,20,21). The lowest BCUT2D eigenvalue weighted by atomic mass is 10.2. The molecule has 1 heterocycles. The van der Waals surface area contributed by atoms with Crippen molar-refractivity contribution in [1.82, 2.24) is 10.6 Å². The van der Waals surface area contributed by atoms with Gasteiger partial charge in [0, 0.05) is 18.7 Å². The highest BCUT2D eigenvalue weighted by Gasteiger charge is 2.13. The maximum atomic E-state index is 12.0. The van der Waals surface area contributed by atoms with Crippen molar-refractivity contribution >= 4 is 6.03 Å². The van der Waals surface area contributed by atoms with Gasteiger partial charge in [-0.2, -0.15) is 0 Å². The van der Waals surface area contributed by atoms with Gasteiger partial charge in [0.25, 0.3) is 0 Å². The summed E-state index contributed by atoms with van der Waals surface area (Å²) < 4.78 is 16.1. The Balaban J connectivity index is 1.49. The Hall–Kier alpha value is -2.89. The zero-order chi connectivity index (χ0) is 16.8. The van der Waals surface area contributed by atoms with E-state index in [-0.39, 0.29) is 12.8 Å². The summed E-state index contributed by atoms with van der Waals surface area (Å²) in [6.45, 7) is 3.58. The van der Waals surface area contributed by atoms with Crippen LogP contribution < -0.4 is 24.8 Å². The Morgan fingerprint density at radius 1 is 1.08 bits per heavy atom. The second-order valence-corrected chi connectivity index (χ2v) is 5.26. The molecule has 24 heavy (non-hydrogen) atoms. The van der Waals surface area contributed by atoms with Gasteiger partial charge in [0.05, 0.1) is 6.61 Å². The first-order valence-electron chi connectivity index (χ1n) is 7.87. The third-order valence-corrected chi connectivity index (χ3v) is 3.60. The van der Waals surface area contributed by atoms with Gasteiger partial charge in [0.15, 0.2) is 11.5 Å². The largest absolute Gasteiger partial charge is 0.494 e.